The Balaban J connectivity index is 1.32. The molecule has 6 atom stereocenters. The molecule has 6 unspecified atom stereocenters. The van der Waals surface area contributed by atoms with Crippen molar-refractivity contribution in [2.75, 3.05) is 10.3 Å². The summed E-state index contributed by atoms with van der Waals surface area (Å²) in [6.45, 7) is 0. The smallest absolute Gasteiger partial charge is 0.417 e. The lowest BCUT2D eigenvalue weighted by molar-refractivity contribution is -0.139. The minimum Gasteiger partial charge on any atom is -0.508 e. The number of nitrogens with one attached hydrogen (secondary N) is 1. The Hall–Kier alpha value is -4.43. The highest BCUT2D eigenvalue weighted by Gasteiger charge is 2.70. The van der Waals surface area contributed by atoms with Gasteiger partial charge in [-0.3, -0.25) is 29.5 Å². The molecule has 16 heteroatoms. The molecular weight excluding hydrogens is 836 g/mol. The number of allylic oxidation sites excluding steroid dienone is 2. The van der Waals surface area contributed by atoms with Crippen LogP contribution >= 0.6 is 50.7 Å². The summed E-state index contributed by atoms with van der Waals surface area (Å²) in [5.41, 5.74) is 1.06. The number of phenolic OH excluding ortho intramolecular Hbond substituents is 1. The second kappa shape index (κ2) is 13.1. The van der Waals surface area contributed by atoms with Crippen LogP contribution in [0.5, 0.6) is 5.75 Å². The zero-order valence-electron chi connectivity index (χ0n) is 27.5. The Bertz CT molecular complexity index is 2310. The summed E-state index contributed by atoms with van der Waals surface area (Å²) >= 11 is 22.4. The van der Waals surface area contributed by atoms with Crippen LogP contribution in [0, 0.1) is 23.7 Å². The third-order valence-corrected chi connectivity index (χ3v) is 12.2. The summed E-state index contributed by atoms with van der Waals surface area (Å²) in [6.07, 6.45) is -2.39. The number of halogens is 7. The van der Waals surface area contributed by atoms with Crippen LogP contribution in [-0.4, -0.2) is 38.7 Å². The number of amides is 4. The summed E-state index contributed by atoms with van der Waals surface area (Å²) in [4.78, 5) is 63.4. The number of imide groups is 2. The van der Waals surface area contributed by atoms with E-state index in [9.17, 15) is 32.7 Å². The molecule has 2 N–H and O–H groups in total. The number of phenols is 1. The van der Waals surface area contributed by atoms with E-state index in [1.165, 1.54) is 18.2 Å². The van der Waals surface area contributed by atoms with Gasteiger partial charge in [-0.25, -0.2) is 4.98 Å². The molecule has 1 aromatic heterocycles. The zero-order chi connectivity index (χ0) is 38.4. The SMILES string of the molecule is O=C1C2CC3C(=CCC4C(=O)N(c5ccc(Br)cc5)C(=O)C43)C(c3cc(Cl)ccc3O)C2(c2ccc(Cl)cc2)C(=O)N1Nc1ncc(C(F)(F)F)cc1Cl. The van der Waals surface area contributed by atoms with Crippen molar-refractivity contribution in [3.8, 4) is 5.75 Å². The Labute approximate surface area is 328 Å². The molecule has 8 rings (SSSR count). The third kappa shape index (κ3) is 5.53. The maximum Gasteiger partial charge on any atom is 0.417 e. The average Bonchev–Trinajstić information content (AvgIpc) is 3.51. The van der Waals surface area contributed by atoms with E-state index in [1.807, 2.05) is 6.08 Å². The van der Waals surface area contributed by atoms with E-state index in [0.717, 1.165) is 9.37 Å². The fraction of sp³-hybridized carbons (Fsp3) is 0.237. The van der Waals surface area contributed by atoms with Gasteiger partial charge in [-0.2, -0.15) is 18.2 Å². The van der Waals surface area contributed by atoms with E-state index in [1.54, 1.807) is 48.5 Å². The van der Waals surface area contributed by atoms with Crippen LogP contribution in [-0.2, 0) is 30.8 Å². The number of aromatic hydroxyl groups is 1. The molecular formula is C38H25BrCl3F3N4O5. The Morgan fingerprint density at radius 2 is 1.56 bits per heavy atom. The van der Waals surface area contributed by atoms with Gasteiger partial charge >= 0.3 is 6.18 Å². The second-order valence-electron chi connectivity index (χ2n) is 13.6. The lowest BCUT2D eigenvalue weighted by atomic mass is 9.49. The van der Waals surface area contributed by atoms with Crippen molar-refractivity contribution in [2.45, 2.75) is 30.4 Å². The van der Waals surface area contributed by atoms with Crippen molar-refractivity contribution in [3.05, 3.63) is 127 Å². The molecule has 0 bridgehead atoms. The van der Waals surface area contributed by atoms with Crippen LogP contribution in [0.1, 0.15) is 35.4 Å². The molecule has 54 heavy (non-hydrogen) atoms. The number of hydrogen-bond acceptors (Lipinski definition) is 7. The number of alkyl halides is 3. The van der Waals surface area contributed by atoms with Crippen molar-refractivity contribution in [1.29, 1.82) is 0 Å². The molecule has 4 aromatic rings. The minimum absolute atomic E-state index is 0.0857. The number of nitrogens with zero attached hydrogens (tertiary/aromatic N) is 3. The number of pyridine rings is 1. The van der Waals surface area contributed by atoms with E-state index in [0.29, 0.717) is 39.1 Å². The third-order valence-electron chi connectivity index (χ3n) is 10.9. The van der Waals surface area contributed by atoms with Gasteiger partial charge in [0.05, 0.1) is 39.4 Å². The lowest BCUT2D eigenvalue weighted by Gasteiger charge is -2.50. The number of benzene rings is 3. The average molecular weight is 861 g/mol. The van der Waals surface area contributed by atoms with Gasteiger partial charge in [0.25, 0.3) is 11.8 Å². The molecule has 9 nitrogen and oxygen atoms in total. The first-order valence-corrected chi connectivity index (χ1v) is 18.5. The van der Waals surface area contributed by atoms with Gasteiger partial charge in [-0.1, -0.05) is 74.5 Å². The minimum atomic E-state index is -4.76. The molecule has 2 aliphatic carbocycles. The van der Waals surface area contributed by atoms with Crippen LogP contribution in [0.15, 0.2) is 95.1 Å². The maximum atomic E-state index is 15.2. The number of carbonyl (C=O) groups is 4. The monoisotopic (exact) mass is 858 g/mol. The predicted molar refractivity (Wildman–Crippen MR) is 197 cm³/mol. The first kappa shape index (κ1) is 36.5. The van der Waals surface area contributed by atoms with Gasteiger partial charge in [0.1, 0.15) is 5.75 Å². The normalized spacial score (nSPS) is 26.4. The Morgan fingerprint density at radius 3 is 2.22 bits per heavy atom. The fourth-order valence-corrected chi connectivity index (χ4v) is 9.51. The molecule has 2 aliphatic heterocycles. The van der Waals surface area contributed by atoms with Crippen molar-refractivity contribution in [1.82, 2.24) is 9.99 Å². The van der Waals surface area contributed by atoms with Gasteiger partial charge in [-0.15, -0.1) is 0 Å². The molecule has 2 saturated heterocycles. The predicted octanol–water partition coefficient (Wildman–Crippen LogP) is 8.72. The zero-order valence-corrected chi connectivity index (χ0v) is 31.3. The number of hydrazine groups is 1. The van der Waals surface area contributed by atoms with E-state index in [4.69, 9.17) is 34.8 Å². The highest BCUT2D eigenvalue weighted by molar-refractivity contribution is 9.10. The summed E-state index contributed by atoms with van der Waals surface area (Å²) in [5.74, 6) is -7.97. The number of rotatable bonds is 5. The number of carbonyl (C=O) groups excluding carboxylic acids is 4. The van der Waals surface area contributed by atoms with Crippen LogP contribution in [0.4, 0.5) is 24.7 Å². The standard InChI is InChI=1S/C38H25BrCl3F3N4O5/c39-19-3-8-22(9-4-19)48-33(51)24-11-10-23-25(30(24)35(48)53)15-27-34(52)49(47-32-28(42)13-18(16-46-32)38(43,44)45)36(54)37(27,17-1-5-20(40)6-2-17)31(23)26-14-21(41)7-12-29(26)50/h1-10,12-14,16,24-25,27,30-31,50H,11,15H2,(H,46,47). The molecule has 1 saturated carbocycles. The summed E-state index contributed by atoms with van der Waals surface area (Å²) < 4.78 is 41.1. The maximum absolute atomic E-state index is 15.2. The molecule has 276 valence electrons. The van der Waals surface area contributed by atoms with Crippen LogP contribution in [0.25, 0.3) is 0 Å². The number of fused-ring (bicyclic) bond motifs is 4. The van der Waals surface area contributed by atoms with Crippen molar-refractivity contribution in [2.24, 2.45) is 23.7 Å². The van der Waals surface area contributed by atoms with Crippen LogP contribution < -0.4 is 10.3 Å². The van der Waals surface area contributed by atoms with E-state index < -0.39 is 81.2 Å². The van der Waals surface area contributed by atoms with Crippen LogP contribution in [0.3, 0.4) is 0 Å². The molecule has 0 radical (unpaired) electrons. The summed E-state index contributed by atoms with van der Waals surface area (Å²) in [5, 5.41) is 12.2. The number of anilines is 2. The molecule has 3 aromatic carbocycles. The Morgan fingerprint density at radius 1 is 0.870 bits per heavy atom. The molecule has 4 aliphatic rings. The van der Waals surface area contributed by atoms with Crippen LogP contribution in [0.2, 0.25) is 15.1 Å². The van der Waals surface area contributed by atoms with Gasteiger partial charge in [0.2, 0.25) is 11.8 Å². The fourth-order valence-electron chi connectivity index (χ4n) is 8.73. The van der Waals surface area contributed by atoms with Crippen molar-refractivity contribution in [3.63, 3.8) is 0 Å². The quantitative estimate of drug-likeness (QED) is 0.152. The van der Waals surface area contributed by atoms with Gasteiger partial charge < -0.3 is 5.11 Å². The Kier molecular flexibility index (Phi) is 8.87. The molecule has 0 spiro atoms. The summed E-state index contributed by atoms with van der Waals surface area (Å²) in [7, 11) is 0. The molecule has 3 heterocycles. The van der Waals surface area contributed by atoms with Gasteiger partial charge in [0, 0.05) is 32.2 Å². The van der Waals surface area contributed by atoms with E-state index in [-0.39, 0.29) is 29.2 Å². The van der Waals surface area contributed by atoms with E-state index >= 15 is 4.79 Å². The first-order valence-electron chi connectivity index (χ1n) is 16.6. The highest BCUT2D eigenvalue weighted by atomic mass is 79.9. The van der Waals surface area contributed by atoms with Gasteiger partial charge in [0.15, 0.2) is 5.82 Å². The number of aromatic nitrogens is 1. The highest BCUT2D eigenvalue weighted by Crippen LogP contribution is 2.65. The molecule has 4 amide bonds. The summed E-state index contributed by atoms with van der Waals surface area (Å²) in [6, 6.07) is 17.9. The van der Waals surface area contributed by atoms with E-state index in [2.05, 4.69) is 26.3 Å². The van der Waals surface area contributed by atoms with Crippen molar-refractivity contribution >= 4 is 85.9 Å². The topological polar surface area (TPSA) is 120 Å². The number of hydrogen-bond donors (Lipinski definition) is 2. The first-order chi connectivity index (χ1) is 25.6. The second-order valence-corrected chi connectivity index (χ2v) is 15.8. The van der Waals surface area contributed by atoms with Gasteiger partial charge in [-0.05, 0) is 85.0 Å². The lowest BCUT2D eigenvalue weighted by Crippen LogP contribution is -2.53. The largest absolute Gasteiger partial charge is 0.508 e. The molecule has 3 fully saturated rings. The van der Waals surface area contributed by atoms with Crippen molar-refractivity contribution < 1.29 is 37.5 Å².